The van der Waals surface area contributed by atoms with E-state index in [9.17, 15) is 0 Å². The Morgan fingerprint density at radius 3 is 2.21 bits per heavy atom. The van der Waals surface area contributed by atoms with E-state index in [4.69, 9.17) is 5.84 Å². The predicted molar refractivity (Wildman–Crippen MR) is 78.3 cm³/mol. The van der Waals surface area contributed by atoms with E-state index in [0.29, 0.717) is 5.82 Å². The molecule has 100 valence electrons. The number of nitrogens with one attached hydrogen (secondary N) is 2. The first-order chi connectivity index (χ1) is 8.99. The highest BCUT2D eigenvalue weighted by atomic mass is 15.3. The summed E-state index contributed by atoms with van der Waals surface area (Å²) in [5.41, 5.74) is 3.41. The van der Waals surface area contributed by atoms with Crippen LogP contribution in [-0.2, 0) is 5.41 Å². The Hall–Kier alpha value is -2.14. The van der Waals surface area contributed by atoms with E-state index in [2.05, 4.69) is 41.5 Å². The van der Waals surface area contributed by atoms with Gasteiger partial charge in [0.25, 0.3) is 0 Å². The maximum atomic E-state index is 5.46. The van der Waals surface area contributed by atoms with E-state index >= 15 is 0 Å². The van der Waals surface area contributed by atoms with Crippen molar-refractivity contribution in [2.75, 3.05) is 10.7 Å². The number of hydrogen-bond acceptors (Lipinski definition) is 5. The molecule has 0 aliphatic carbocycles. The lowest BCUT2D eigenvalue weighted by Gasteiger charge is -2.18. The second-order valence-electron chi connectivity index (χ2n) is 5.35. The molecule has 0 saturated heterocycles. The number of hydrogen-bond donors (Lipinski definition) is 3. The summed E-state index contributed by atoms with van der Waals surface area (Å²) in [4.78, 5) is 8.91. The zero-order valence-corrected chi connectivity index (χ0v) is 11.4. The summed E-state index contributed by atoms with van der Waals surface area (Å²) in [6.07, 6.45) is 0. The van der Waals surface area contributed by atoms with Gasteiger partial charge in [-0.1, -0.05) is 39.0 Å². The number of rotatable bonds is 3. The average molecular weight is 257 g/mol. The van der Waals surface area contributed by atoms with Crippen LogP contribution in [0.25, 0.3) is 0 Å². The van der Waals surface area contributed by atoms with Crippen LogP contribution >= 0.6 is 0 Å². The fraction of sp³-hybridized carbons (Fsp3) is 0.286. The van der Waals surface area contributed by atoms with E-state index < -0.39 is 0 Å². The van der Waals surface area contributed by atoms with Gasteiger partial charge < -0.3 is 10.7 Å². The lowest BCUT2D eigenvalue weighted by molar-refractivity contribution is 0.547. The van der Waals surface area contributed by atoms with Gasteiger partial charge in [0.05, 0.1) is 0 Å². The molecule has 0 saturated carbocycles. The van der Waals surface area contributed by atoms with Crippen LogP contribution in [0.2, 0.25) is 0 Å². The smallest absolute Gasteiger partial charge is 0.145 e. The molecule has 0 atom stereocenters. The third-order valence-electron chi connectivity index (χ3n) is 2.59. The van der Waals surface area contributed by atoms with Gasteiger partial charge in [0.1, 0.15) is 17.5 Å². The molecule has 19 heavy (non-hydrogen) atoms. The Kier molecular flexibility index (Phi) is 3.66. The normalized spacial score (nSPS) is 11.2. The zero-order chi connectivity index (χ0) is 13.9. The van der Waals surface area contributed by atoms with Crippen molar-refractivity contribution in [1.82, 2.24) is 9.97 Å². The van der Waals surface area contributed by atoms with Gasteiger partial charge >= 0.3 is 0 Å². The number of nitrogens with two attached hydrogens (primary N) is 1. The Morgan fingerprint density at radius 1 is 1.00 bits per heavy atom. The summed E-state index contributed by atoms with van der Waals surface area (Å²) in [6, 6.07) is 11.6. The summed E-state index contributed by atoms with van der Waals surface area (Å²) in [7, 11) is 0. The molecular formula is C14H19N5. The maximum Gasteiger partial charge on any atom is 0.145 e. The van der Waals surface area contributed by atoms with Crippen LogP contribution in [0.4, 0.5) is 17.3 Å². The van der Waals surface area contributed by atoms with Gasteiger partial charge in [0, 0.05) is 17.2 Å². The molecule has 5 nitrogen and oxygen atoms in total. The molecule has 5 heteroatoms. The summed E-state index contributed by atoms with van der Waals surface area (Å²) >= 11 is 0. The third kappa shape index (κ3) is 3.42. The average Bonchev–Trinajstić information content (AvgIpc) is 2.38. The number of para-hydroxylation sites is 1. The van der Waals surface area contributed by atoms with Gasteiger partial charge in [0.2, 0.25) is 0 Å². The number of nitrogen functional groups attached to an aromatic ring is 1. The summed E-state index contributed by atoms with van der Waals surface area (Å²) in [5.74, 6) is 7.51. The standard InChI is InChI=1S/C14H19N5/c1-14(2,3)13-17-11(9-12(18-13)19-15)16-10-7-5-4-6-8-10/h4-9H,15H2,1-3H3,(H2,16,17,18,19). The molecule has 2 aromatic rings. The van der Waals surface area contributed by atoms with Crippen molar-refractivity contribution < 1.29 is 0 Å². The fourth-order valence-corrected chi connectivity index (χ4v) is 1.59. The SMILES string of the molecule is CC(C)(C)c1nc(NN)cc(Nc2ccccc2)n1. The van der Waals surface area contributed by atoms with Crippen molar-refractivity contribution in [1.29, 1.82) is 0 Å². The van der Waals surface area contributed by atoms with Gasteiger partial charge in [-0.3, -0.25) is 0 Å². The van der Waals surface area contributed by atoms with Crippen molar-refractivity contribution in [3.8, 4) is 0 Å². The number of nitrogens with zero attached hydrogens (tertiary/aromatic N) is 2. The van der Waals surface area contributed by atoms with Gasteiger partial charge in [-0.15, -0.1) is 0 Å². The van der Waals surface area contributed by atoms with Crippen LogP contribution in [0.15, 0.2) is 36.4 Å². The van der Waals surface area contributed by atoms with Crippen LogP contribution in [0, 0.1) is 0 Å². The van der Waals surface area contributed by atoms with E-state index in [1.54, 1.807) is 6.07 Å². The molecule has 1 aromatic heterocycles. The van der Waals surface area contributed by atoms with Crippen molar-refractivity contribution in [2.45, 2.75) is 26.2 Å². The van der Waals surface area contributed by atoms with Crippen LogP contribution < -0.4 is 16.6 Å². The maximum absolute atomic E-state index is 5.46. The molecule has 0 aliphatic rings. The van der Waals surface area contributed by atoms with Crippen molar-refractivity contribution in [2.24, 2.45) is 5.84 Å². The van der Waals surface area contributed by atoms with Gasteiger partial charge in [-0.2, -0.15) is 0 Å². The first kappa shape index (κ1) is 13.3. The van der Waals surface area contributed by atoms with E-state index in [0.717, 1.165) is 17.3 Å². The fourth-order valence-electron chi connectivity index (χ4n) is 1.59. The van der Waals surface area contributed by atoms with Crippen molar-refractivity contribution >= 4 is 17.3 Å². The van der Waals surface area contributed by atoms with E-state index in [1.165, 1.54) is 0 Å². The van der Waals surface area contributed by atoms with Crippen LogP contribution in [0.1, 0.15) is 26.6 Å². The minimum atomic E-state index is -0.139. The number of anilines is 3. The molecule has 0 bridgehead atoms. The van der Waals surface area contributed by atoms with Crippen LogP contribution in [-0.4, -0.2) is 9.97 Å². The van der Waals surface area contributed by atoms with Crippen LogP contribution in [0.3, 0.4) is 0 Å². The number of hydrazine groups is 1. The van der Waals surface area contributed by atoms with Crippen molar-refractivity contribution in [3.63, 3.8) is 0 Å². The highest BCUT2D eigenvalue weighted by Crippen LogP contribution is 2.23. The molecule has 0 aliphatic heterocycles. The van der Waals surface area contributed by atoms with Gasteiger partial charge in [0.15, 0.2) is 0 Å². The minimum absolute atomic E-state index is 0.139. The Balaban J connectivity index is 2.35. The largest absolute Gasteiger partial charge is 0.340 e. The third-order valence-corrected chi connectivity index (χ3v) is 2.59. The summed E-state index contributed by atoms with van der Waals surface area (Å²) < 4.78 is 0. The zero-order valence-electron chi connectivity index (χ0n) is 11.4. The van der Waals surface area contributed by atoms with Crippen LogP contribution in [0.5, 0.6) is 0 Å². The molecule has 1 heterocycles. The molecule has 1 aromatic carbocycles. The molecule has 0 spiro atoms. The topological polar surface area (TPSA) is 75.9 Å². The lowest BCUT2D eigenvalue weighted by Crippen LogP contribution is -2.19. The number of benzene rings is 1. The van der Waals surface area contributed by atoms with Gasteiger partial charge in [-0.25, -0.2) is 15.8 Å². The Morgan fingerprint density at radius 2 is 1.63 bits per heavy atom. The molecule has 4 N–H and O–H groups in total. The van der Waals surface area contributed by atoms with Crippen molar-refractivity contribution in [3.05, 3.63) is 42.2 Å². The van der Waals surface area contributed by atoms with E-state index in [-0.39, 0.29) is 5.41 Å². The molecule has 0 amide bonds. The molecule has 2 rings (SSSR count). The minimum Gasteiger partial charge on any atom is -0.340 e. The highest BCUT2D eigenvalue weighted by Gasteiger charge is 2.19. The highest BCUT2D eigenvalue weighted by molar-refractivity contribution is 5.59. The first-order valence-corrected chi connectivity index (χ1v) is 6.17. The lowest BCUT2D eigenvalue weighted by atomic mass is 9.96. The predicted octanol–water partition coefficient (Wildman–Crippen LogP) is 2.80. The molecule has 0 unspecified atom stereocenters. The second kappa shape index (κ2) is 5.24. The monoisotopic (exact) mass is 257 g/mol. The summed E-state index contributed by atoms with van der Waals surface area (Å²) in [6.45, 7) is 6.19. The van der Waals surface area contributed by atoms with E-state index in [1.807, 2.05) is 30.3 Å². The van der Waals surface area contributed by atoms with Gasteiger partial charge in [-0.05, 0) is 12.1 Å². The molecule has 0 radical (unpaired) electrons. The summed E-state index contributed by atoms with van der Waals surface area (Å²) in [5, 5.41) is 3.24. The Bertz CT molecular complexity index is 546. The molecular weight excluding hydrogens is 238 g/mol. The Labute approximate surface area is 113 Å². The second-order valence-corrected chi connectivity index (χ2v) is 5.35. The molecule has 0 fully saturated rings. The quantitative estimate of drug-likeness (QED) is 0.582. The first-order valence-electron chi connectivity index (χ1n) is 6.17. The number of aromatic nitrogens is 2.